The van der Waals surface area contributed by atoms with Gasteiger partial charge in [0.15, 0.2) is 0 Å². The van der Waals surface area contributed by atoms with Crippen molar-refractivity contribution in [3.63, 3.8) is 0 Å². The van der Waals surface area contributed by atoms with Crippen LogP contribution in [-0.2, 0) is 14.3 Å². The van der Waals surface area contributed by atoms with Crippen LogP contribution in [0, 0.1) is 0 Å². The van der Waals surface area contributed by atoms with E-state index in [1.807, 2.05) is 27.7 Å². The Morgan fingerprint density at radius 2 is 1.84 bits per heavy atom. The second-order valence-corrected chi connectivity index (χ2v) is 6.44. The molecule has 19 heavy (non-hydrogen) atoms. The summed E-state index contributed by atoms with van der Waals surface area (Å²) in [7, 11) is 0. The molecule has 112 valence electrons. The van der Waals surface area contributed by atoms with E-state index in [-0.39, 0.29) is 11.5 Å². The number of hydrogen-bond acceptors (Lipinski definition) is 4. The normalized spacial score (nSPS) is 19.2. The highest BCUT2D eigenvalue weighted by Crippen LogP contribution is 2.23. The molecule has 0 spiro atoms. The topological polar surface area (TPSA) is 73.6 Å². The van der Waals surface area contributed by atoms with E-state index in [1.54, 1.807) is 0 Å². The van der Waals surface area contributed by atoms with Crippen LogP contribution in [0.25, 0.3) is 0 Å². The zero-order valence-electron chi connectivity index (χ0n) is 12.6. The SMILES string of the molecule is CC(C)(C)OCCOCCC(C)(NC1CC1)C(N)=O. The van der Waals surface area contributed by atoms with Crippen molar-refractivity contribution in [2.75, 3.05) is 19.8 Å². The minimum absolute atomic E-state index is 0.140. The van der Waals surface area contributed by atoms with Gasteiger partial charge in [-0.3, -0.25) is 4.79 Å². The second kappa shape index (κ2) is 6.68. The Morgan fingerprint density at radius 3 is 2.32 bits per heavy atom. The lowest BCUT2D eigenvalue weighted by atomic mass is 9.97. The number of rotatable bonds is 9. The van der Waals surface area contributed by atoms with Crippen molar-refractivity contribution in [2.45, 2.75) is 64.1 Å². The first-order valence-electron chi connectivity index (χ1n) is 7.02. The fourth-order valence-electron chi connectivity index (χ4n) is 1.73. The number of primary amides is 1. The molecule has 0 bridgehead atoms. The van der Waals surface area contributed by atoms with E-state index in [0.29, 0.717) is 32.3 Å². The Labute approximate surface area is 116 Å². The molecular formula is C14H28N2O3. The molecule has 1 amide bonds. The van der Waals surface area contributed by atoms with Crippen LogP contribution in [-0.4, -0.2) is 42.9 Å². The molecule has 1 unspecified atom stereocenters. The maximum Gasteiger partial charge on any atom is 0.237 e. The molecule has 0 saturated heterocycles. The molecule has 1 aliphatic carbocycles. The van der Waals surface area contributed by atoms with Crippen molar-refractivity contribution in [3.8, 4) is 0 Å². The highest BCUT2D eigenvalue weighted by atomic mass is 16.5. The molecule has 3 N–H and O–H groups in total. The number of carbonyl (C=O) groups excluding carboxylic acids is 1. The largest absolute Gasteiger partial charge is 0.379 e. The molecule has 0 radical (unpaired) electrons. The van der Waals surface area contributed by atoms with Crippen LogP contribution in [0.5, 0.6) is 0 Å². The molecule has 0 aromatic carbocycles. The number of amides is 1. The molecule has 5 heteroatoms. The highest BCUT2D eigenvalue weighted by Gasteiger charge is 2.36. The summed E-state index contributed by atoms with van der Waals surface area (Å²) in [6.07, 6.45) is 2.85. The average molecular weight is 272 g/mol. The monoisotopic (exact) mass is 272 g/mol. The lowest BCUT2D eigenvalue weighted by Crippen LogP contribution is -2.54. The molecule has 1 aliphatic rings. The third kappa shape index (κ3) is 6.89. The second-order valence-electron chi connectivity index (χ2n) is 6.44. The number of carbonyl (C=O) groups is 1. The summed E-state index contributed by atoms with van der Waals surface area (Å²) < 4.78 is 11.1. The third-order valence-corrected chi connectivity index (χ3v) is 3.15. The number of hydrogen-bond donors (Lipinski definition) is 2. The van der Waals surface area contributed by atoms with E-state index in [0.717, 1.165) is 12.8 Å². The Kier molecular flexibility index (Phi) is 5.77. The van der Waals surface area contributed by atoms with Crippen molar-refractivity contribution in [3.05, 3.63) is 0 Å². The van der Waals surface area contributed by atoms with E-state index in [4.69, 9.17) is 15.2 Å². The Hall–Kier alpha value is -0.650. The molecule has 1 rings (SSSR count). The summed E-state index contributed by atoms with van der Waals surface area (Å²) in [6, 6.07) is 0.446. The van der Waals surface area contributed by atoms with Crippen molar-refractivity contribution in [1.82, 2.24) is 5.32 Å². The molecule has 1 fully saturated rings. The first-order chi connectivity index (χ1) is 8.73. The lowest BCUT2D eigenvalue weighted by Gasteiger charge is -2.27. The maximum atomic E-state index is 11.5. The van der Waals surface area contributed by atoms with Gasteiger partial charge in [-0.05, 0) is 47.0 Å². The maximum absolute atomic E-state index is 11.5. The van der Waals surface area contributed by atoms with Gasteiger partial charge in [-0.1, -0.05) is 0 Å². The van der Waals surface area contributed by atoms with Gasteiger partial charge in [-0.15, -0.1) is 0 Å². The van der Waals surface area contributed by atoms with Gasteiger partial charge in [0.2, 0.25) is 5.91 Å². The number of nitrogens with one attached hydrogen (secondary N) is 1. The molecule has 1 saturated carbocycles. The molecule has 0 heterocycles. The van der Waals surface area contributed by atoms with Gasteiger partial charge in [-0.25, -0.2) is 0 Å². The lowest BCUT2D eigenvalue weighted by molar-refractivity contribution is -0.124. The summed E-state index contributed by atoms with van der Waals surface area (Å²) in [5, 5.41) is 3.30. The quantitative estimate of drug-likeness (QED) is 0.619. The summed E-state index contributed by atoms with van der Waals surface area (Å²) >= 11 is 0. The smallest absolute Gasteiger partial charge is 0.237 e. The Balaban J connectivity index is 2.16. The van der Waals surface area contributed by atoms with E-state index in [9.17, 15) is 4.79 Å². The summed E-state index contributed by atoms with van der Waals surface area (Å²) in [5.41, 5.74) is 4.66. The zero-order valence-corrected chi connectivity index (χ0v) is 12.6. The summed E-state index contributed by atoms with van der Waals surface area (Å²) in [6.45, 7) is 9.49. The molecular weight excluding hydrogens is 244 g/mol. The molecule has 0 aliphatic heterocycles. The average Bonchev–Trinajstić information content (AvgIpc) is 3.05. The van der Waals surface area contributed by atoms with E-state index >= 15 is 0 Å². The van der Waals surface area contributed by atoms with Crippen LogP contribution in [0.4, 0.5) is 0 Å². The van der Waals surface area contributed by atoms with Crippen LogP contribution in [0.1, 0.15) is 47.0 Å². The zero-order chi connectivity index (χ0) is 14.5. The Bertz CT molecular complexity index is 298. The van der Waals surface area contributed by atoms with Gasteiger partial charge in [-0.2, -0.15) is 0 Å². The van der Waals surface area contributed by atoms with Gasteiger partial charge in [0.05, 0.1) is 24.4 Å². The predicted octanol–water partition coefficient (Wildman–Crippen LogP) is 1.20. The van der Waals surface area contributed by atoms with Gasteiger partial charge in [0, 0.05) is 12.6 Å². The molecule has 5 nitrogen and oxygen atoms in total. The number of ether oxygens (including phenoxy) is 2. The molecule has 1 atom stereocenters. The molecule has 0 aromatic rings. The van der Waals surface area contributed by atoms with Gasteiger partial charge >= 0.3 is 0 Å². The Morgan fingerprint density at radius 1 is 1.21 bits per heavy atom. The van der Waals surface area contributed by atoms with Gasteiger partial charge in [0.1, 0.15) is 0 Å². The predicted molar refractivity (Wildman–Crippen MR) is 74.9 cm³/mol. The van der Waals surface area contributed by atoms with E-state index in [2.05, 4.69) is 5.32 Å². The fourth-order valence-corrected chi connectivity index (χ4v) is 1.73. The number of nitrogens with two attached hydrogens (primary N) is 1. The van der Waals surface area contributed by atoms with Crippen molar-refractivity contribution < 1.29 is 14.3 Å². The first kappa shape index (κ1) is 16.4. The molecule has 0 aromatic heterocycles. The summed E-state index contributed by atoms with van der Waals surface area (Å²) in [5.74, 6) is -0.311. The van der Waals surface area contributed by atoms with E-state index in [1.165, 1.54) is 0 Å². The summed E-state index contributed by atoms with van der Waals surface area (Å²) in [4.78, 5) is 11.5. The van der Waals surface area contributed by atoms with Crippen molar-refractivity contribution in [2.24, 2.45) is 5.73 Å². The van der Waals surface area contributed by atoms with Crippen molar-refractivity contribution in [1.29, 1.82) is 0 Å². The van der Waals surface area contributed by atoms with Crippen LogP contribution in [0.2, 0.25) is 0 Å². The van der Waals surface area contributed by atoms with Crippen LogP contribution < -0.4 is 11.1 Å². The van der Waals surface area contributed by atoms with Crippen LogP contribution in [0.3, 0.4) is 0 Å². The minimum atomic E-state index is -0.661. The fraction of sp³-hybridized carbons (Fsp3) is 0.929. The first-order valence-corrected chi connectivity index (χ1v) is 7.02. The highest BCUT2D eigenvalue weighted by molar-refractivity contribution is 5.84. The minimum Gasteiger partial charge on any atom is -0.379 e. The van der Waals surface area contributed by atoms with E-state index < -0.39 is 5.54 Å². The van der Waals surface area contributed by atoms with Crippen LogP contribution in [0.15, 0.2) is 0 Å². The van der Waals surface area contributed by atoms with Crippen LogP contribution >= 0.6 is 0 Å². The van der Waals surface area contributed by atoms with Gasteiger partial charge in [0.25, 0.3) is 0 Å². The van der Waals surface area contributed by atoms with Gasteiger partial charge < -0.3 is 20.5 Å². The van der Waals surface area contributed by atoms with Crippen molar-refractivity contribution >= 4 is 5.91 Å². The standard InChI is InChI=1S/C14H28N2O3/c1-13(2,3)19-10-9-18-8-7-14(4,12(15)17)16-11-5-6-11/h11,16H,5-10H2,1-4H3,(H2,15,17). The third-order valence-electron chi connectivity index (χ3n) is 3.15.